The number of hydrogen-bond donors (Lipinski definition) is 1. The largest absolute Gasteiger partial charge is 0.573 e. The zero-order valence-electron chi connectivity index (χ0n) is 9.67. The maximum atomic E-state index is 11.9. The van der Waals surface area contributed by atoms with Crippen LogP contribution < -0.4 is 14.8 Å². The van der Waals surface area contributed by atoms with Crippen LogP contribution in [0.3, 0.4) is 0 Å². The predicted octanol–water partition coefficient (Wildman–Crippen LogP) is 2.72. The van der Waals surface area contributed by atoms with Gasteiger partial charge in [0.05, 0.1) is 0 Å². The molecule has 1 N–H and O–H groups in total. The number of ether oxygens (including phenoxy) is 2. The Morgan fingerprint density at radius 2 is 1.83 bits per heavy atom. The molecule has 1 saturated heterocycles. The average molecular weight is 261 g/mol. The van der Waals surface area contributed by atoms with Gasteiger partial charge in [-0.2, -0.15) is 0 Å². The van der Waals surface area contributed by atoms with Crippen LogP contribution in [0.25, 0.3) is 0 Å². The van der Waals surface area contributed by atoms with Crippen molar-refractivity contribution in [2.24, 2.45) is 0 Å². The number of hydrogen-bond acceptors (Lipinski definition) is 3. The number of halogens is 3. The van der Waals surface area contributed by atoms with E-state index >= 15 is 0 Å². The minimum atomic E-state index is -4.66. The Hall–Kier alpha value is -1.43. The van der Waals surface area contributed by atoms with Gasteiger partial charge in [0, 0.05) is 6.04 Å². The Kier molecular flexibility index (Phi) is 3.96. The Bertz CT molecular complexity index is 372. The molecule has 3 nitrogen and oxygen atoms in total. The summed E-state index contributed by atoms with van der Waals surface area (Å²) in [5, 5.41) is 3.27. The molecule has 18 heavy (non-hydrogen) atoms. The topological polar surface area (TPSA) is 30.5 Å². The van der Waals surface area contributed by atoms with Crippen LogP contribution in [-0.4, -0.2) is 25.6 Å². The van der Waals surface area contributed by atoms with Crippen LogP contribution in [0.2, 0.25) is 0 Å². The van der Waals surface area contributed by atoms with Gasteiger partial charge in [-0.05, 0) is 43.7 Å². The van der Waals surface area contributed by atoms with Crippen LogP contribution in [-0.2, 0) is 0 Å². The highest BCUT2D eigenvalue weighted by molar-refractivity contribution is 5.31. The zero-order chi connectivity index (χ0) is 13.0. The summed E-state index contributed by atoms with van der Waals surface area (Å²) in [5.41, 5.74) is 0. The van der Waals surface area contributed by atoms with Gasteiger partial charge in [-0.3, -0.25) is 0 Å². The van der Waals surface area contributed by atoms with Crippen molar-refractivity contribution in [1.82, 2.24) is 5.32 Å². The first-order valence-corrected chi connectivity index (χ1v) is 5.75. The van der Waals surface area contributed by atoms with Crippen molar-refractivity contribution < 1.29 is 22.6 Å². The smallest absolute Gasteiger partial charge is 0.492 e. The van der Waals surface area contributed by atoms with Crippen LogP contribution in [0.1, 0.15) is 12.8 Å². The van der Waals surface area contributed by atoms with Gasteiger partial charge in [-0.15, -0.1) is 13.2 Å². The van der Waals surface area contributed by atoms with Crippen LogP contribution >= 0.6 is 0 Å². The molecule has 0 saturated carbocycles. The highest BCUT2D eigenvalue weighted by Crippen LogP contribution is 2.24. The summed E-state index contributed by atoms with van der Waals surface area (Å²) in [4.78, 5) is 0. The number of alkyl halides is 3. The minimum absolute atomic E-state index is 0.242. The number of nitrogens with one attached hydrogen (secondary N) is 1. The van der Waals surface area contributed by atoms with Crippen molar-refractivity contribution in [3.63, 3.8) is 0 Å². The van der Waals surface area contributed by atoms with E-state index in [2.05, 4.69) is 10.1 Å². The van der Waals surface area contributed by atoms with Crippen molar-refractivity contribution in [2.45, 2.75) is 25.2 Å². The van der Waals surface area contributed by atoms with Crippen molar-refractivity contribution in [2.75, 3.05) is 13.2 Å². The first-order chi connectivity index (χ1) is 8.53. The summed E-state index contributed by atoms with van der Waals surface area (Å²) < 4.78 is 45.0. The van der Waals surface area contributed by atoms with E-state index in [1.165, 1.54) is 24.3 Å². The third-order valence-electron chi connectivity index (χ3n) is 2.67. The first kappa shape index (κ1) is 13.0. The monoisotopic (exact) mass is 261 g/mol. The predicted molar refractivity (Wildman–Crippen MR) is 59.6 cm³/mol. The molecule has 1 aliphatic heterocycles. The standard InChI is InChI=1S/C12H14F3NO2/c13-12(14,15)18-11-5-3-10(4-6-11)17-8-9-2-1-7-16-9/h3-6,9,16H,1-2,7-8H2. The summed E-state index contributed by atoms with van der Waals surface area (Å²) in [6.45, 7) is 1.52. The van der Waals surface area contributed by atoms with E-state index in [0.717, 1.165) is 19.4 Å². The molecule has 0 spiro atoms. The van der Waals surface area contributed by atoms with Gasteiger partial charge < -0.3 is 14.8 Å². The molecule has 0 amide bonds. The molecule has 6 heteroatoms. The highest BCUT2D eigenvalue weighted by atomic mass is 19.4. The minimum Gasteiger partial charge on any atom is -0.492 e. The Balaban J connectivity index is 1.83. The molecule has 0 aliphatic carbocycles. The molecule has 1 heterocycles. The molecule has 0 bridgehead atoms. The summed E-state index contributed by atoms with van der Waals surface area (Å²) in [6.07, 6.45) is -2.46. The molecule has 1 unspecified atom stereocenters. The third kappa shape index (κ3) is 4.10. The van der Waals surface area contributed by atoms with Gasteiger partial charge in [-0.1, -0.05) is 0 Å². The lowest BCUT2D eigenvalue weighted by atomic mass is 10.2. The summed E-state index contributed by atoms with van der Waals surface area (Å²) >= 11 is 0. The van der Waals surface area contributed by atoms with Crippen molar-refractivity contribution >= 4 is 0 Å². The van der Waals surface area contributed by atoms with Crippen LogP contribution in [0, 0.1) is 0 Å². The fourth-order valence-electron chi connectivity index (χ4n) is 1.83. The molecular formula is C12H14F3NO2. The molecule has 100 valence electrons. The molecule has 0 radical (unpaired) electrons. The fourth-order valence-corrected chi connectivity index (χ4v) is 1.83. The SMILES string of the molecule is FC(F)(F)Oc1ccc(OCC2CCCN2)cc1. The lowest BCUT2D eigenvalue weighted by Crippen LogP contribution is -2.28. The summed E-state index contributed by atoms with van der Waals surface area (Å²) in [5.74, 6) is 0.298. The second-order valence-electron chi connectivity index (χ2n) is 4.12. The van der Waals surface area contributed by atoms with Crippen LogP contribution in [0.5, 0.6) is 11.5 Å². The molecule has 2 rings (SSSR count). The molecular weight excluding hydrogens is 247 g/mol. The average Bonchev–Trinajstić information content (AvgIpc) is 2.79. The van der Waals surface area contributed by atoms with Gasteiger partial charge in [0.1, 0.15) is 18.1 Å². The van der Waals surface area contributed by atoms with E-state index < -0.39 is 6.36 Å². The molecule has 1 atom stereocenters. The van der Waals surface area contributed by atoms with Gasteiger partial charge in [-0.25, -0.2) is 0 Å². The Morgan fingerprint density at radius 1 is 1.17 bits per heavy atom. The van der Waals surface area contributed by atoms with E-state index in [0.29, 0.717) is 18.4 Å². The molecule has 1 aromatic carbocycles. The maximum Gasteiger partial charge on any atom is 0.573 e. The second kappa shape index (κ2) is 5.48. The first-order valence-electron chi connectivity index (χ1n) is 5.75. The van der Waals surface area contributed by atoms with E-state index in [4.69, 9.17) is 4.74 Å². The number of rotatable bonds is 4. The lowest BCUT2D eigenvalue weighted by Gasteiger charge is -2.13. The Morgan fingerprint density at radius 3 is 2.39 bits per heavy atom. The fraction of sp³-hybridized carbons (Fsp3) is 0.500. The highest BCUT2D eigenvalue weighted by Gasteiger charge is 2.30. The van der Waals surface area contributed by atoms with Crippen LogP contribution in [0.15, 0.2) is 24.3 Å². The molecule has 1 fully saturated rings. The van der Waals surface area contributed by atoms with Crippen LogP contribution in [0.4, 0.5) is 13.2 Å². The normalized spacial score (nSPS) is 19.8. The van der Waals surface area contributed by atoms with Crippen molar-refractivity contribution in [3.05, 3.63) is 24.3 Å². The van der Waals surface area contributed by atoms with Gasteiger partial charge >= 0.3 is 6.36 Å². The van der Waals surface area contributed by atoms with E-state index in [9.17, 15) is 13.2 Å². The quantitative estimate of drug-likeness (QED) is 0.904. The van der Waals surface area contributed by atoms with E-state index in [1.807, 2.05) is 0 Å². The summed E-state index contributed by atoms with van der Waals surface area (Å²) in [6, 6.07) is 5.75. The molecule has 1 aliphatic rings. The third-order valence-corrected chi connectivity index (χ3v) is 2.67. The maximum absolute atomic E-state index is 11.9. The van der Waals surface area contributed by atoms with Crippen molar-refractivity contribution in [1.29, 1.82) is 0 Å². The zero-order valence-corrected chi connectivity index (χ0v) is 9.67. The van der Waals surface area contributed by atoms with E-state index in [-0.39, 0.29) is 5.75 Å². The Labute approximate surface area is 103 Å². The number of benzene rings is 1. The second-order valence-corrected chi connectivity index (χ2v) is 4.12. The molecule has 0 aromatic heterocycles. The van der Waals surface area contributed by atoms with Gasteiger partial charge in [0.2, 0.25) is 0 Å². The molecule has 1 aromatic rings. The van der Waals surface area contributed by atoms with Gasteiger partial charge in [0.15, 0.2) is 0 Å². The van der Waals surface area contributed by atoms with Gasteiger partial charge in [0.25, 0.3) is 0 Å². The van der Waals surface area contributed by atoms with E-state index in [1.54, 1.807) is 0 Å². The van der Waals surface area contributed by atoms with Crippen molar-refractivity contribution in [3.8, 4) is 11.5 Å². The summed E-state index contributed by atoms with van der Waals surface area (Å²) in [7, 11) is 0. The lowest BCUT2D eigenvalue weighted by molar-refractivity contribution is -0.274.